The van der Waals surface area contributed by atoms with E-state index in [0.29, 0.717) is 37.2 Å². The number of hydrogen-bond donors (Lipinski definition) is 2. The smallest absolute Gasteiger partial charge is 0.305 e. The fourth-order valence-electron chi connectivity index (χ4n) is 9.69. The highest BCUT2D eigenvalue weighted by Crippen LogP contribution is 2.56. The summed E-state index contributed by atoms with van der Waals surface area (Å²) in [5, 5.41) is 0. The van der Waals surface area contributed by atoms with E-state index < -0.39 is 17.3 Å². The van der Waals surface area contributed by atoms with E-state index in [0.717, 1.165) is 105 Å². The third kappa shape index (κ3) is 7.49. The number of H-pyrrole nitrogens is 2. The lowest BCUT2D eigenvalue weighted by Gasteiger charge is -2.37. The number of methoxy groups -OCH3 is 2. The molecule has 0 saturated carbocycles. The first-order chi connectivity index (χ1) is 28.4. The van der Waals surface area contributed by atoms with E-state index in [1.54, 1.807) is 0 Å². The second-order valence-corrected chi connectivity index (χ2v) is 16.6. The summed E-state index contributed by atoms with van der Waals surface area (Å²) in [4.78, 5) is 72.9. The molecule has 8 bridgehead atoms. The molecule has 0 unspecified atom stereocenters. The Balaban J connectivity index is 1.46. The maximum absolute atomic E-state index is 14.6. The minimum absolute atomic E-state index is 0.0889. The number of hydrogen-bond acceptors (Lipinski definition) is 8. The van der Waals surface area contributed by atoms with Crippen LogP contribution < -0.4 is 0 Å². The van der Waals surface area contributed by atoms with Gasteiger partial charge in [0.2, 0.25) is 11.8 Å². The molecule has 11 heteroatoms. The van der Waals surface area contributed by atoms with Gasteiger partial charge >= 0.3 is 11.9 Å². The number of rotatable bonds is 14. The molecule has 1 saturated heterocycles. The lowest BCUT2D eigenvalue weighted by molar-refractivity contribution is -0.141. The first kappa shape index (κ1) is 41.6. The van der Waals surface area contributed by atoms with Crippen molar-refractivity contribution in [2.75, 3.05) is 20.8 Å². The van der Waals surface area contributed by atoms with Gasteiger partial charge < -0.3 is 19.4 Å². The molecule has 0 aromatic carbocycles. The molecule has 7 rings (SSSR count). The lowest BCUT2D eigenvalue weighted by Crippen LogP contribution is -2.41. The molecular formula is C48H57N5O6. The van der Waals surface area contributed by atoms with Crippen molar-refractivity contribution in [3.05, 3.63) is 81.9 Å². The molecule has 1 aliphatic carbocycles. The number of carbonyl (C=O) groups is 4. The molecule has 3 aliphatic heterocycles. The lowest BCUT2D eigenvalue weighted by atomic mass is 9.61. The minimum atomic E-state index is -0.893. The van der Waals surface area contributed by atoms with Crippen molar-refractivity contribution in [1.82, 2.24) is 24.8 Å². The van der Waals surface area contributed by atoms with Crippen molar-refractivity contribution in [3.63, 3.8) is 0 Å². The zero-order chi connectivity index (χ0) is 42.2. The van der Waals surface area contributed by atoms with Crippen molar-refractivity contribution < 1.29 is 28.7 Å². The molecule has 11 nitrogen and oxygen atoms in total. The van der Waals surface area contributed by atoms with Crippen molar-refractivity contribution in [2.24, 2.45) is 11.8 Å². The number of imide groups is 1. The zero-order valence-electron chi connectivity index (χ0n) is 35.6. The van der Waals surface area contributed by atoms with Crippen LogP contribution in [0.4, 0.5) is 0 Å². The number of unbranched alkanes of at least 4 members (excludes halogenated alkanes) is 5. The van der Waals surface area contributed by atoms with Crippen LogP contribution in [-0.2, 0) is 40.5 Å². The van der Waals surface area contributed by atoms with Crippen molar-refractivity contribution >= 4 is 68.6 Å². The Kier molecular flexibility index (Phi) is 11.9. The van der Waals surface area contributed by atoms with E-state index in [2.05, 4.69) is 36.5 Å². The number of aryl methyl sites for hydroxylation is 3. The highest BCUT2D eigenvalue weighted by Gasteiger charge is 2.60. The van der Waals surface area contributed by atoms with Gasteiger partial charge in [-0.15, -0.1) is 0 Å². The summed E-state index contributed by atoms with van der Waals surface area (Å²) in [6.07, 6.45) is 12.0. The minimum Gasteiger partial charge on any atom is -0.469 e. The van der Waals surface area contributed by atoms with Crippen LogP contribution >= 0.6 is 0 Å². The number of carbonyl (C=O) groups excluding carboxylic acids is 4. The molecule has 3 aromatic heterocycles. The molecule has 59 heavy (non-hydrogen) atoms. The van der Waals surface area contributed by atoms with Crippen LogP contribution in [0.15, 0.2) is 36.9 Å². The van der Waals surface area contributed by atoms with E-state index in [4.69, 9.17) is 19.4 Å². The number of amides is 2. The molecule has 0 radical (unpaired) electrons. The first-order valence-corrected chi connectivity index (χ1v) is 21.1. The highest BCUT2D eigenvalue weighted by atomic mass is 16.5. The average molecular weight is 800 g/mol. The number of aromatic nitrogens is 4. The van der Waals surface area contributed by atoms with E-state index in [1.165, 1.54) is 25.5 Å². The molecular weight excluding hydrogens is 743 g/mol. The third-order valence-corrected chi connectivity index (χ3v) is 13.2. The summed E-state index contributed by atoms with van der Waals surface area (Å²) in [5.74, 6) is -1.93. The maximum Gasteiger partial charge on any atom is 0.305 e. The monoisotopic (exact) mass is 799 g/mol. The van der Waals surface area contributed by atoms with Crippen LogP contribution in [0.3, 0.4) is 0 Å². The maximum atomic E-state index is 14.6. The summed E-state index contributed by atoms with van der Waals surface area (Å²) in [6.45, 7) is 14.9. The largest absolute Gasteiger partial charge is 0.469 e. The molecule has 3 atom stereocenters. The van der Waals surface area contributed by atoms with E-state index in [1.807, 2.05) is 51.1 Å². The molecule has 310 valence electrons. The molecule has 2 amide bonds. The predicted octanol–water partition coefficient (Wildman–Crippen LogP) is 9.27. The highest BCUT2D eigenvalue weighted by molar-refractivity contribution is 6.08. The Morgan fingerprint density at radius 2 is 1.47 bits per heavy atom. The normalized spacial score (nSPS) is 19.8. The Labute approximate surface area is 346 Å². The fourth-order valence-corrected chi connectivity index (χ4v) is 9.69. The van der Waals surface area contributed by atoms with Gasteiger partial charge in [0.05, 0.1) is 48.8 Å². The Morgan fingerprint density at radius 3 is 2.19 bits per heavy atom. The number of nitrogens with zero attached hydrogens (tertiary/aromatic N) is 3. The Bertz CT molecular complexity index is 2470. The van der Waals surface area contributed by atoms with Gasteiger partial charge in [0.1, 0.15) is 0 Å². The van der Waals surface area contributed by atoms with Gasteiger partial charge in [0.15, 0.2) is 0 Å². The molecule has 2 N–H and O–H groups in total. The summed E-state index contributed by atoms with van der Waals surface area (Å²) >= 11 is 0. The third-order valence-electron chi connectivity index (χ3n) is 13.2. The summed E-state index contributed by atoms with van der Waals surface area (Å²) in [6, 6.07) is 8.08. The molecule has 0 spiro atoms. The van der Waals surface area contributed by atoms with Gasteiger partial charge in [0.25, 0.3) is 0 Å². The summed E-state index contributed by atoms with van der Waals surface area (Å²) < 4.78 is 10.0. The van der Waals surface area contributed by atoms with Gasteiger partial charge in [0, 0.05) is 52.4 Å². The fraction of sp³-hybridized carbons (Fsp3) is 0.458. The second-order valence-electron chi connectivity index (χ2n) is 16.6. The number of esters is 2. The number of likely N-dealkylation sites (tertiary alicyclic amines) is 1. The van der Waals surface area contributed by atoms with Gasteiger partial charge in [-0.25, -0.2) is 4.98 Å². The molecule has 6 heterocycles. The van der Waals surface area contributed by atoms with E-state index >= 15 is 0 Å². The van der Waals surface area contributed by atoms with Crippen molar-refractivity contribution in [3.8, 4) is 0 Å². The first-order valence-electron chi connectivity index (χ1n) is 21.1. The number of aromatic amines is 2. The van der Waals surface area contributed by atoms with E-state index in [-0.39, 0.29) is 36.6 Å². The summed E-state index contributed by atoms with van der Waals surface area (Å²) in [5.41, 5.74) is 11.8. The number of fused-ring (bicyclic) bond motifs is 13. The van der Waals surface area contributed by atoms with Gasteiger partial charge in [-0.3, -0.25) is 29.1 Å². The van der Waals surface area contributed by atoms with Crippen LogP contribution in [0, 0.1) is 25.7 Å². The Hall–Kier alpha value is -5.58. The molecule has 3 aromatic rings. The van der Waals surface area contributed by atoms with Gasteiger partial charge in [-0.2, -0.15) is 0 Å². The van der Waals surface area contributed by atoms with Gasteiger partial charge in [-0.1, -0.05) is 57.8 Å². The zero-order valence-corrected chi connectivity index (χ0v) is 35.6. The molecule has 1 fully saturated rings. The van der Waals surface area contributed by atoms with Crippen LogP contribution in [0.25, 0.3) is 44.9 Å². The van der Waals surface area contributed by atoms with Crippen LogP contribution in [0.5, 0.6) is 0 Å². The molecule has 4 aliphatic rings. The average Bonchev–Trinajstić information content (AvgIpc) is 3.94. The van der Waals surface area contributed by atoms with Crippen LogP contribution in [0.2, 0.25) is 0 Å². The quantitative estimate of drug-likeness (QED) is 0.0932. The van der Waals surface area contributed by atoms with Gasteiger partial charge in [-0.05, 0) is 111 Å². The summed E-state index contributed by atoms with van der Waals surface area (Å²) in [7, 11) is 2.77. The predicted molar refractivity (Wildman–Crippen MR) is 232 cm³/mol. The van der Waals surface area contributed by atoms with E-state index in [9.17, 15) is 19.2 Å². The number of ether oxygens (including phenoxy) is 2. The number of allylic oxidation sites excluding steroid dienone is 4. The standard InChI is InChI=1S/C48H57N5O6/c1-9-11-12-13-14-15-22-53-46(56)33-16-19-34-41-24-36-27(3)30(10-2)38(49-36)23-35-28(4)31(17-20-43(54)58-7)39(50-35)25-40-32(18-21-44(55)59-8)29(5)37(51-40)26-42(52-41)48(34,6)45(33)47(53)57/h10,19,23-26,33,45,49,51H,2,9,11-18,20-22H2,1,3-8H3/t33-,45+,48-/m1/s1. The van der Waals surface area contributed by atoms with Crippen molar-refractivity contribution in [1.29, 1.82) is 0 Å². The Morgan fingerprint density at radius 1 is 0.831 bits per heavy atom. The van der Waals surface area contributed by atoms with Crippen LogP contribution in [-0.4, -0.2) is 69.4 Å². The number of nitrogens with one attached hydrogen (secondary N) is 2. The SMILES string of the molecule is C=Cc1c(C)c2cc3nc(cc4[nH]c(cc5nc(cc1[nH]2)C(C)=C5CCC(=O)OC)c(CCC(=O)OC)c4C)[C@@]1(C)C3=CC[C@H]2C(=O)N(CCCCCCCC)C(=O)[C@H]21. The topological polar surface area (TPSA) is 147 Å². The second kappa shape index (κ2) is 17.0. The van der Waals surface area contributed by atoms with Crippen LogP contribution in [0.1, 0.15) is 130 Å². The van der Waals surface area contributed by atoms with Crippen molar-refractivity contribution in [2.45, 2.75) is 111 Å².